The highest BCUT2D eigenvalue weighted by molar-refractivity contribution is 5.14. The number of nitrogens with one attached hydrogen (secondary N) is 1. The Hall–Kier alpha value is -1.15. The first-order valence-corrected chi connectivity index (χ1v) is 6.58. The predicted octanol–water partition coefficient (Wildman–Crippen LogP) is 3.13. The fourth-order valence-electron chi connectivity index (χ4n) is 1.83. The predicted molar refractivity (Wildman–Crippen MR) is 74.2 cm³/mol. The summed E-state index contributed by atoms with van der Waals surface area (Å²) in [6.07, 6.45) is 8.16. The van der Waals surface area contributed by atoms with E-state index in [-0.39, 0.29) is 0 Å². The number of nitrogens with zero attached hydrogens (tertiary/aromatic N) is 1. The molecule has 2 heteroatoms. The lowest BCUT2D eigenvalue weighted by atomic mass is 10.1. The van der Waals surface area contributed by atoms with Crippen molar-refractivity contribution < 1.29 is 0 Å². The topological polar surface area (TPSA) is 24.9 Å². The maximum Gasteiger partial charge on any atom is 0.0419 e. The summed E-state index contributed by atoms with van der Waals surface area (Å²) in [6.45, 7) is 9.22. The fraction of sp³-hybridized carbons (Fsp3) is 0.533. The van der Waals surface area contributed by atoms with Crippen molar-refractivity contribution in [2.24, 2.45) is 0 Å². The summed E-state index contributed by atoms with van der Waals surface area (Å²) < 4.78 is 0. The van der Waals surface area contributed by atoms with Crippen LogP contribution in [0.1, 0.15) is 37.9 Å². The lowest BCUT2D eigenvalue weighted by Crippen LogP contribution is -2.31. The van der Waals surface area contributed by atoms with Gasteiger partial charge in [-0.25, -0.2) is 0 Å². The van der Waals surface area contributed by atoms with Crippen molar-refractivity contribution in [2.45, 2.75) is 45.6 Å². The summed E-state index contributed by atoms with van der Waals surface area (Å²) in [7, 11) is 0. The first-order valence-electron chi connectivity index (χ1n) is 6.58. The van der Waals surface area contributed by atoms with Gasteiger partial charge in [-0.05, 0) is 37.4 Å². The fourth-order valence-corrected chi connectivity index (χ4v) is 1.83. The van der Waals surface area contributed by atoms with E-state index in [1.165, 1.54) is 5.56 Å². The van der Waals surface area contributed by atoms with Gasteiger partial charge in [0.25, 0.3) is 0 Å². The highest BCUT2D eigenvalue weighted by atomic mass is 14.9. The van der Waals surface area contributed by atoms with Crippen molar-refractivity contribution in [1.82, 2.24) is 10.3 Å². The number of pyridine rings is 1. The van der Waals surface area contributed by atoms with Gasteiger partial charge in [-0.15, -0.1) is 6.58 Å². The minimum Gasteiger partial charge on any atom is -0.313 e. The van der Waals surface area contributed by atoms with E-state index in [1.807, 2.05) is 12.3 Å². The van der Waals surface area contributed by atoms with Crippen LogP contribution in [0.4, 0.5) is 0 Å². The smallest absolute Gasteiger partial charge is 0.0419 e. The Balaban J connectivity index is 2.54. The van der Waals surface area contributed by atoms with Crippen LogP contribution in [-0.4, -0.2) is 17.6 Å². The van der Waals surface area contributed by atoms with Gasteiger partial charge in [0.05, 0.1) is 0 Å². The molecule has 94 valence electrons. The van der Waals surface area contributed by atoms with Crippen LogP contribution < -0.4 is 5.32 Å². The summed E-state index contributed by atoms with van der Waals surface area (Å²) in [4.78, 5) is 4.51. The average molecular weight is 232 g/mol. The summed E-state index contributed by atoms with van der Waals surface area (Å²) in [5.74, 6) is 0. The molecular formula is C15H24N2. The highest BCUT2D eigenvalue weighted by Gasteiger charge is 2.07. The molecule has 0 saturated heterocycles. The molecule has 1 aromatic heterocycles. The quantitative estimate of drug-likeness (QED) is 0.697. The molecule has 2 nitrogen and oxygen atoms in total. The number of aryl methyl sites for hydroxylation is 1. The molecular weight excluding hydrogens is 208 g/mol. The van der Waals surface area contributed by atoms with Crippen molar-refractivity contribution in [1.29, 1.82) is 0 Å². The third-order valence-electron chi connectivity index (χ3n) is 2.88. The van der Waals surface area contributed by atoms with Crippen LogP contribution >= 0.6 is 0 Å². The van der Waals surface area contributed by atoms with E-state index in [0.29, 0.717) is 6.04 Å². The Morgan fingerprint density at radius 1 is 1.41 bits per heavy atom. The Labute approximate surface area is 105 Å². The molecule has 1 rings (SSSR count). The molecule has 0 fully saturated rings. The maximum absolute atomic E-state index is 4.51. The maximum atomic E-state index is 4.51. The molecule has 1 atom stereocenters. The van der Waals surface area contributed by atoms with Gasteiger partial charge >= 0.3 is 0 Å². The lowest BCUT2D eigenvalue weighted by Gasteiger charge is -2.16. The van der Waals surface area contributed by atoms with Gasteiger partial charge in [-0.3, -0.25) is 4.98 Å². The standard InChI is InChI=1S/C15H24N2/c1-4-7-14(16-10-5-2)11-15-9-8-13(6-3)12-17-15/h4,8-9,12,14,16H,1,5-7,10-11H2,2-3H3. The average Bonchev–Trinajstić information content (AvgIpc) is 2.37. The SMILES string of the molecule is C=CCC(Cc1ccc(CC)cn1)NCCC. The summed E-state index contributed by atoms with van der Waals surface area (Å²) in [6, 6.07) is 4.78. The summed E-state index contributed by atoms with van der Waals surface area (Å²) >= 11 is 0. The summed E-state index contributed by atoms with van der Waals surface area (Å²) in [5.41, 5.74) is 2.47. The van der Waals surface area contributed by atoms with Crippen LogP contribution in [0.5, 0.6) is 0 Å². The van der Waals surface area contributed by atoms with E-state index in [2.05, 4.69) is 42.9 Å². The third kappa shape index (κ3) is 5.14. The third-order valence-corrected chi connectivity index (χ3v) is 2.88. The Kier molecular flexibility index (Phi) is 6.56. The highest BCUT2D eigenvalue weighted by Crippen LogP contribution is 2.06. The van der Waals surface area contributed by atoms with Gasteiger partial charge in [0.2, 0.25) is 0 Å². The molecule has 1 N–H and O–H groups in total. The molecule has 1 unspecified atom stereocenters. The zero-order chi connectivity index (χ0) is 12.5. The van der Waals surface area contributed by atoms with E-state index in [0.717, 1.165) is 37.9 Å². The van der Waals surface area contributed by atoms with Crippen molar-refractivity contribution in [3.05, 3.63) is 42.2 Å². The molecule has 0 aliphatic carbocycles. The molecule has 0 spiro atoms. The first-order chi connectivity index (χ1) is 8.30. The van der Waals surface area contributed by atoms with Gasteiger partial charge in [0.1, 0.15) is 0 Å². The Morgan fingerprint density at radius 3 is 2.76 bits per heavy atom. The lowest BCUT2D eigenvalue weighted by molar-refractivity contribution is 0.507. The zero-order valence-corrected chi connectivity index (χ0v) is 11.1. The molecule has 0 aliphatic heterocycles. The molecule has 0 aromatic carbocycles. The van der Waals surface area contributed by atoms with Crippen LogP contribution in [0, 0.1) is 0 Å². The number of rotatable bonds is 8. The van der Waals surface area contributed by atoms with Crippen LogP contribution in [0.3, 0.4) is 0 Å². The first kappa shape index (κ1) is 13.9. The van der Waals surface area contributed by atoms with Crippen LogP contribution in [0.25, 0.3) is 0 Å². The minimum absolute atomic E-state index is 0.465. The largest absolute Gasteiger partial charge is 0.313 e. The minimum atomic E-state index is 0.465. The second-order valence-corrected chi connectivity index (χ2v) is 4.39. The van der Waals surface area contributed by atoms with E-state index < -0.39 is 0 Å². The van der Waals surface area contributed by atoms with Crippen molar-refractivity contribution >= 4 is 0 Å². The van der Waals surface area contributed by atoms with Gasteiger partial charge < -0.3 is 5.32 Å². The van der Waals surface area contributed by atoms with Crippen LogP contribution in [-0.2, 0) is 12.8 Å². The van der Waals surface area contributed by atoms with E-state index in [9.17, 15) is 0 Å². The van der Waals surface area contributed by atoms with Crippen molar-refractivity contribution in [3.8, 4) is 0 Å². The van der Waals surface area contributed by atoms with Gasteiger partial charge in [-0.1, -0.05) is 26.0 Å². The molecule has 0 saturated carbocycles. The van der Waals surface area contributed by atoms with Gasteiger partial charge in [-0.2, -0.15) is 0 Å². The van der Waals surface area contributed by atoms with E-state index >= 15 is 0 Å². The molecule has 1 aromatic rings. The Morgan fingerprint density at radius 2 is 2.24 bits per heavy atom. The molecule has 1 heterocycles. The second-order valence-electron chi connectivity index (χ2n) is 4.39. The molecule has 17 heavy (non-hydrogen) atoms. The molecule has 0 aliphatic rings. The molecule has 0 bridgehead atoms. The molecule has 0 amide bonds. The van der Waals surface area contributed by atoms with Crippen LogP contribution in [0.2, 0.25) is 0 Å². The molecule has 0 radical (unpaired) electrons. The van der Waals surface area contributed by atoms with Crippen LogP contribution in [0.15, 0.2) is 31.0 Å². The number of hydrogen-bond donors (Lipinski definition) is 1. The van der Waals surface area contributed by atoms with E-state index in [1.54, 1.807) is 0 Å². The van der Waals surface area contributed by atoms with Gasteiger partial charge in [0.15, 0.2) is 0 Å². The van der Waals surface area contributed by atoms with Crippen molar-refractivity contribution in [2.75, 3.05) is 6.54 Å². The zero-order valence-electron chi connectivity index (χ0n) is 11.1. The Bertz CT molecular complexity index is 316. The van der Waals surface area contributed by atoms with Crippen molar-refractivity contribution in [3.63, 3.8) is 0 Å². The number of aromatic nitrogens is 1. The normalized spacial score (nSPS) is 12.4. The number of hydrogen-bond acceptors (Lipinski definition) is 2. The van der Waals surface area contributed by atoms with Gasteiger partial charge in [0, 0.05) is 24.4 Å². The monoisotopic (exact) mass is 232 g/mol. The second kappa shape index (κ2) is 8.02. The summed E-state index contributed by atoms with van der Waals surface area (Å²) in [5, 5.41) is 3.54. The van der Waals surface area contributed by atoms with E-state index in [4.69, 9.17) is 0 Å².